The van der Waals surface area contributed by atoms with Gasteiger partial charge in [-0.05, 0) is 48.5 Å². The maximum absolute atomic E-state index is 12.5. The number of ether oxygens (including phenoxy) is 2. The zero-order valence-corrected chi connectivity index (χ0v) is 15.7. The second kappa shape index (κ2) is 8.48. The molecule has 0 aromatic heterocycles. The van der Waals surface area contributed by atoms with Crippen molar-refractivity contribution in [2.24, 2.45) is 0 Å². The number of fused-ring (bicyclic) bond motifs is 1. The number of carbonyl (C=O) groups is 2. The van der Waals surface area contributed by atoms with Gasteiger partial charge in [-0.15, -0.1) is 0 Å². The van der Waals surface area contributed by atoms with Crippen molar-refractivity contribution in [3.05, 3.63) is 83.9 Å². The molecule has 0 spiro atoms. The Morgan fingerprint density at radius 3 is 1.97 bits per heavy atom. The van der Waals surface area contributed by atoms with Crippen LogP contribution in [-0.2, 0) is 0 Å². The Bertz CT molecular complexity index is 1020. The summed E-state index contributed by atoms with van der Waals surface area (Å²) in [4.78, 5) is 24.7. The number of amides is 2. The third-order valence-corrected chi connectivity index (χ3v) is 4.45. The first kappa shape index (κ1) is 18.6. The van der Waals surface area contributed by atoms with Crippen LogP contribution in [0.5, 0.6) is 11.5 Å². The first-order chi connectivity index (χ1) is 14.2. The molecule has 1 aliphatic rings. The van der Waals surface area contributed by atoms with E-state index in [1.165, 1.54) is 0 Å². The van der Waals surface area contributed by atoms with E-state index >= 15 is 0 Å². The molecule has 6 heteroatoms. The van der Waals surface area contributed by atoms with Gasteiger partial charge in [0, 0.05) is 35.0 Å². The summed E-state index contributed by atoms with van der Waals surface area (Å²) in [6.45, 7) is 1.20. The highest BCUT2D eigenvalue weighted by Gasteiger charge is 2.13. The van der Waals surface area contributed by atoms with Crippen LogP contribution in [-0.4, -0.2) is 25.0 Å². The number of carbonyl (C=O) groups excluding carboxylic acids is 2. The highest BCUT2D eigenvalue weighted by molar-refractivity contribution is 6.06. The second-order valence-electron chi connectivity index (χ2n) is 6.56. The molecule has 4 rings (SSSR count). The van der Waals surface area contributed by atoms with Crippen LogP contribution < -0.4 is 20.1 Å². The molecule has 0 fully saturated rings. The van der Waals surface area contributed by atoms with Crippen LogP contribution in [0.25, 0.3) is 0 Å². The summed E-state index contributed by atoms with van der Waals surface area (Å²) in [6, 6.07) is 21.0. The molecule has 146 valence electrons. The minimum absolute atomic E-state index is 0.199. The van der Waals surface area contributed by atoms with Gasteiger partial charge in [0.05, 0.1) is 13.2 Å². The summed E-state index contributed by atoms with van der Waals surface area (Å²) in [5.41, 5.74) is 2.30. The molecule has 1 heterocycles. The molecule has 1 aliphatic heterocycles. The van der Waals surface area contributed by atoms with Gasteiger partial charge < -0.3 is 20.1 Å². The van der Waals surface area contributed by atoms with Gasteiger partial charge in [-0.25, -0.2) is 0 Å². The van der Waals surface area contributed by atoms with Gasteiger partial charge in [0.1, 0.15) is 0 Å². The number of rotatable bonds is 4. The van der Waals surface area contributed by atoms with E-state index in [9.17, 15) is 9.59 Å². The van der Waals surface area contributed by atoms with Gasteiger partial charge in [0.2, 0.25) is 0 Å². The Kier molecular flexibility index (Phi) is 5.42. The molecule has 0 saturated carbocycles. The van der Waals surface area contributed by atoms with E-state index in [0.29, 0.717) is 47.2 Å². The number of hydrogen-bond acceptors (Lipinski definition) is 4. The van der Waals surface area contributed by atoms with Gasteiger partial charge >= 0.3 is 0 Å². The standard InChI is InChI=1S/C23H20N2O4/c26-22(16-5-2-1-3-6-16)24-18-9-7-17(8-10-18)23(27)25-19-11-12-20-21(15-19)29-14-4-13-28-20/h1-3,5-12,15H,4,13-14H2,(H,24,26)(H,25,27). The summed E-state index contributed by atoms with van der Waals surface area (Å²) >= 11 is 0. The van der Waals surface area contributed by atoms with E-state index in [-0.39, 0.29) is 11.8 Å². The average Bonchev–Trinajstić information content (AvgIpc) is 3.00. The average molecular weight is 388 g/mol. The summed E-state index contributed by atoms with van der Waals surface area (Å²) in [7, 11) is 0. The Balaban J connectivity index is 1.40. The van der Waals surface area contributed by atoms with Crippen molar-refractivity contribution in [2.75, 3.05) is 23.8 Å². The van der Waals surface area contributed by atoms with Crippen molar-refractivity contribution in [1.82, 2.24) is 0 Å². The molecule has 0 bridgehead atoms. The molecular formula is C23H20N2O4. The maximum Gasteiger partial charge on any atom is 0.255 e. The van der Waals surface area contributed by atoms with Crippen molar-refractivity contribution in [2.45, 2.75) is 6.42 Å². The van der Waals surface area contributed by atoms with Crippen LogP contribution >= 0.6 is 0 Å². The Morgan fingerprint density at radius 1 is 0.655 bits per heavy atom. The lowest BCUT2D eigenvalue weighted by Gasteiger charge is -2.11. The fraction of sp³-hybridized carbons (Fsp3) is 0.130. The van der Waals surface area contributed by atoms with Crippen LogP contribution in [0.1, 0.15) is 27.1 Å². The topological polar surface area (TPSA) is 76.7 Å². The third kappa shape index (κ3) is 4.55. The molecule has 0 atom stereocenters. The quantitative estimate of drug-likeness (QED) is 0.697. The van der Waals surface area contributed by atoms with Crippen LogP contribution in [0.4, 0.5) is 11.4 Å². The lowest BCUT2D eigenvalue weighted by Crippen LogP contribution is -2.13. The van der Waals surface area contributed by atoms with Gasteiger partial charge in [-0.2, -0.15) is 0 Å². The second-order valence-corrected chi connectivity index (χ2v) is 6.56. The minimum Gasteiger partial charge on any atom is -0.490 e. The highest BCUT2D eigenvalue weighted by atomic mass is 16.5. The molecule has 0 aliphatic carbocycles. The Labute approximate surface area is 168 Å². The zero-order valence-electron chi connectivity index (χ0n) is 15.7. The summed E-state index contributed by atoms with van der Waals surface area (Å²) < 4.78 is 11.2. The molecule has 3 aromatic carbocycles. The lowest BCUT2D eigenvalue weighted by atomic mass is 10.1. The monoisotopic (exact) mass is 388 g/mol. The molecule has 3 aromatic rings. The normalized spacial score (nSPS) is 12.6. The number of benzene rings is 3. The van der Waals surface area contributed by atoms with Gasteiger partial charge in [-0.1, -0.05) is 18.2 Å². The first-order valence-electron chi connectivity index (χ1n) is 9.36. The summed E-state index contributed by atoms with van der Waals surface area (Å²) in [5, 5.41) is 5.67. The van der Waals surface area contributed by atoms with Crippen molar-refractivity contribution in [3.8, 4) is 11.5 Å². The van der Waals surface area contributed by atoms with E-state index < -0.39 is 0 Å². The van der Waals surface area contributed by atoms with Crippen molar-refractivity contribution in [1.29, 1.82) is 0 Å². The molecule has 29 heavy (non-hydrogen) atoms. The molecule has 0 unspecified atom stereocenters. The van der Waals surface area contributed by atoms with Gasteiger partial charge in [0.25, 0.3) is 11.8 Å². The fourth-order valence-electron chi connectivity index (χ4n) is 2.94. The smallest absolute Gasteiger partial charge is 0.255 e. The SMILES string of the molecule is O=C(Nc1ccc(C(=O)Nc2ccc3c(c2)OCCCO3)cc1)c1ccccc1. The van der Waals surface area contributed by atoms with Crippen LogP contribution in [0.2, 0.25) is 0 Å². The van der Waals surface area contributed by atoms with Gasteiger partial charge in [0.15, 0.2) is 11.5 Å². The van der Waals surface area contributed by atoms with Gasteiger partial charge in [-0.3, -0.25) is 9.59 Å². The zero-order chi connectivity index (χ0) is 20.1. The molecule has 0 saturated heterocycles. The molecule has 6 nitrogen and oxygen atoms in total. The fourth-order valence-corrected chi connectivity index (χ4v) is 2.94. The van der Waals surface area contributed by atoms with Crippen molar-refractivity contribution >= 4 is 23.2 Å². The van der Waals surface area contributed by atoms with E-state index in [2.05, 4.69) is 10.6 Å². The predicted octanol–water partition coefficient (Wildman–Crippen LogP) is 4.35. The molecule has 2 amide bonds. The first-order valence-corrected chi connectivity index (χ1v) is 9.36. The van der Waals surface area contributed by atoms with Crippen LogP contribution in [0, 0.1) is 0 Å². The largest absolute Gasteiger partial charge is 0.490 e. The van der Waals surface area contributed by atoms with Crippen LogP contribution in [0.15, 0.2) is 72.8 Å². The number of hydrogen-bond donors (Lipinski definition) is 2. The van der Waals surface area contributed by atoms with E-state index in [1.54, 1.807) is 54.6 Å². The van der Waals surface area contributed by atoms with Crippen molar-refractivity contribution < 1.29 is 19.1 Å². The van der Waals surface area contributed by atoms with Crippen molar-refractivity contribution in [3.63, 3.8) is 0 Å². The molecule has 2 N–H and O–H groups in total. The summed E-state index contributed by atoms with van der Waals surface area (Å²) in [6.07, 6.45) is 0.823. The molecular weight excluding hydrogens is 368 g/mol. The Morgan fingerprint density at radius 2 is 1.24 bits per heavy atom. The van der Waals surface area contributed by atoms with Crippen LogP contribution in [0.3, 0.4) is 0 Å². The summed E-state index contributed by atoms with van der Waals surface area (Å²) in [5.74, 6) is 0.855. The highest BCUT2D eigenvalue weighted by Crippen LogP contribution is 2.32. The minimum atomic E-state index is -0.250. The number of nitrogens with one attached hydrogen (secondary N) is 2. The predicted molar refractivity (Wildman–Crippen MR) is 111 cm³/mol. The molecule has 0 radical (unpaired) electrons. The van der Waals surface area contributed by atoms with E-state index in [0.717, 1.165) is 6.42 Å². The van der Waals surface area contributed by atoms with E-state index in [1.807, 2.05) is 18.2 Å². The van der Waals surface area contributed by atoms with E-state index in [4.69, 9.17) is 9.47 Å². The maximum atomic E-state index is 12.5. The third-order valence-electron chi connectivity index (χ3n) is 4.45. The lowest BCUT2D eigenvalue weighted by molar-refractivity contribution is 0.102. The Hall–Kier alpha value is -3.80. The number of anilines is 2.